The van der Waals surface area contributed by atoms with E-state index in [1.54, 1.807) is 6.92 Å². The van der Waals surface area contributed by atoms with Crippen molar-refractivity contribution in [3.63, 3.8) is 0 Å². The Bertz CT molecular complexity index is 413. The summed E-state index contributed by atoms with van der Waals surface area (Å²) in [7, 11) is 2.08. The second-order valence-corrected chi connectivity index (χ2v) is 5.35. The molecule has 1 heterocycles. The lowest BCUT2D eigenvalue weighted by atomic mass is 10.1. The normalized spacial score (nSPS) is 24.0. The first-order valence-corrected chi connectivity index (χ1v) is 5.98. The predicted molar refractivity (Wildman–Crippen MR) is 68.4 cm³/mol. The maximum Gasteiger partial charge on any atom is 0.221 e. The molecule has 0 saturated carbocycles. The van der Waals surface area contributed by atoms with Crippen LogP contribution in [0.2, 0.25) is 0 Å². The molecule has 1 aromatic carbocycles. The van der Waals surface area contributed by atoms with Gasteiger partial charge in [-0.1, -0.05) is 30.3 Å². The van der Waals surface area contributed by atoms with Crippen LogP contribution in [-0.4, -0.2) is 34.8 Å². The zero-order valence-corrected chi connectivity index (χ0v) is 11.0. The largest absolute Gasteiger partial charge is 0.321 e. The molecule has 1 saturated heterocycles. The SMILES string of the molecule is CC(=O)N1CC(C)(C)N(C)C1c1ccccc1. The van der Waals surface area contributed by atoms with Crippen molar-refractivity contribution in [2.24, 2.45) is 0 Å². The minimum atomic E-state index is 0.0200. The van der Waals surface area contributed by atoms with Gasteiger partial charge in [0.15, 0.2) is 0 Å². The van der Waals surface area contributed by atoms with Crippen LogP contribution >= 0.6 is 0 Å². The number of carbonyl (C=O) groups excluding carboxylic acids is 1. The Morgan fingerprint density at radius 3 is 2.41 bits per heavy atom. The van der Waals surface area contributed by atoms with Gasteiger partial charge in [-0.25, -0.2) is 0 Å². The van der Waals surface area contributed by atoms with Gasteiger partial charge in [-0.05, 0) is 26.5 Å². The van der Waals surface area contributed by atoms with Crippen LogP contribution in [0.15, 0.2) is 30.3 Å². The topological polar surface area (TPSA) is 23.6 Å². The molecule has 92 valence electrons. The Kier molecular flexibility index (Phi) is 2.96. The third kappa shape index (κ3) is 2.07. The van der Waals surface area contributed by atoms with Gasteiger partial charge in [-0.3, -0.25) is 9.69 Å². The first-order chi connectivity index (χ1) is 7.93. The summed E-state index contributed by atoms with van der Waals surface area (Å²) in [5.74, 6) is 0.135. The number of hydrogen-bond donors (Lipinski definition) is 0. The fourth-order valence-electron chi connectivity index (χ4n) is 2.47. The van der Waals surface area contributed by atoms with Crippen LogP contribution < -0.4 is 0 Å². The Labute approximate surface area is 103 Å². The summed E-state index contributed by atoms with van der Waals surface area (Å²) >= 11 is 0. The Morgan fingerprint density at radius 2 is 1.88 bits per heavy atom. The van der Waals surface area contributed by atoms with E-state index in [2.05, 4.69) is 37.9 Å². The highest BCUT2D eigenvalue weighted by Gasteiger charge is 2.43. The van der Waals surface area contributed by atoms with Crippen LogP contribution in [0.3, 0.4) is 0 Å². The summed E-state index contributed by atoms with van der Waals surface area (Å²) in [6.45, 7) is 6.77. The smallest absolute Gasteiger partial charge is 0.221 e. The fraction of sp³-hybridized carbons (Fsp3) is 0.500. The summed E-state index contributed by atoms with van der Waals surface area (Å²) < 4.78 is 0. The van der Waals surface area contributed by atoms with E-state index in [0.717, 1.165) is 6.54 Å². The van der Waals surface area contributed by atoms with Gasteiger partial charge in [0.2, 0.25) is 5.91 Å². The van der Waals surface area contributed by atoms with Gasteiger partial charge >= 0.3 is 0 Å². The van der Waals surface area contributed by atoms with Crippen molar-refractivity contribution >= 4 is 5.91 Å². The summed E-state index contributed by atoms with van der Waals surface area (Å²) in [4.78, 5) is 16.0. The number of carbonyl (C=O) groups is 1. The standard InChI is InChI=1S/C14H20N2O/c1-11(17)16-10-14(2,3)15(4)13(16)12-8-6-5-7-9-12/h5-9,13H,10H2,1-4H3. The molecule has 0 N–H and O–H groups in total. The molecular formula is C14H20N2O. The van der Waals surface area contributed by atoms with Gasteiger partial charge in [0.1, 0.15) is 6.17 Å². The van der Waals surface area contributed by atoms with E-state index >= 15 is 0 Å². The molecule has 0 radical (unpaired) electrons. The maximum atomic E-state index is 11.8. The number of amides is 1. The molecule has 0 spiro atoms. The first kappa shape index (κ1) is 12.1. The highest BCUT2D eigenvalue weighted by molar-refractivity contribution is 5.74. The van der Waals surface area contributed by atoms with Crippen molar-refractivity contribution in [1.29, 1.82) is 0 Å². The van der Waals surface area contributed by atoms with Gasteiger partial charge in [0, 0.05) is 19.0 Å². The second-order valence-electron chi connectivity index (χ2n) is 5.35. The Hall–Kier alpha value is -1.35. The summed E-state index contributed by atoms with van der Waals surface area (Å²) in [6, 6.07) is 10.2. The summed E-state index contributed by atoms with van der Waals surface area (Å²) in [5, 5.41) is 0. The third-order valence-electron chi connectivity index (χ3n) is 3.68. The molecule has 1 aliphatic rings. The lowest BCUT2D eigenvalue weighted by Crippen LogP contribution is -2.38. The molecule has 3 heteroatoms. The average Bonchev–Trinajstić information content (AvgIpc) is 2.52. The Morgan fingerprint density at radius 1 is 1.29 bits per heavy atom. The van der Waals surface area contributed by atoms with Crippen LogP contribution in [0.4, 0.5) is 0 Å². The number of benzene rings is 1. The molecule has 17 heavy (non-hydrogen) atoms. The van der Waals surface area contributed by atoms with E-state index in [4.69, 9.17) is 0 Å². The molecule has 1 aliphatic heterocycles. The van der Waals surface area contributed by atoms with Crippen molar-refractivity contribution in [2.75, 3.05) is 13.6 Å². The summed E-state index contributed by atoms with van der Waals surface area (Å²) in [6.07, 6.45) is 0.0590. The third-order valence-corrected chi connectivity index (χ3v) is 3.68. The number of rotatable bonds is 1. The zero-order valence-electron chi connectivity index (χ0n) is 11.0. The van der Waals surface area contributed by atoms with Gasteiger partial charge in [0.25, 0.3) is 0 Å². The molecule has 1 unspecified atom stereocenters. The van der Waals surface area contributed by atoms with E-state index in [0.29, 0.717) is 0 Å². The Balaban J connectivity index is 2.39. The van der Waals surface area contributed by atoms with Crippen molar-refractivity contribution in [3.05, 3.63) is 35.9 Å². The molecule has 0 aromatic heterocycles. The molecular weight excluding hydrogens is 212 g/mol. The van der Waals surface area contributed by atoms with Crippen LogP contribution in [0.1, 0.15) is 32.5 Å². The van der Waals surface area contributed by atoms with Crippen molar-refractivity contribution < 1.29 is 4.79 Å². The lowest BCUT2D eigenvalue weighted by Gasteiger charge is -2.31. The second kappa shape index (κ2) is 4.15. The average molecular weight is 232 g/mol. The maximum absolute atomic E-state index is 11.8. The van der Waals surface area contributed by atoms with Gasteiger partial charge in [-0.15, -0.1) is 0 Å². The van der Waals surface area contributed by atoms with Crippen LogP contribution in [0.5, 0.6) is 0 Å². The monoisotopic (exact) mass is 232 g/mol. The van der Waals surface area contributed by atoms with E-state index in [1.165, 1.54) is 5.56 Å². The predicted octanol–water partition coefficient (Wildman–Crippen LogP) is 2.26. The minimum Gasteiger partial charge on any atom is -0.321 e. The molecule has 0 bridgehead atoms. The number of hydrogen-bond acceptors (Lipinski definition) is 2. The van der Waals surface area contributed by atoms with Crippen LogP contribution in [0, 0.1) is 0 Å². The van der Waals surface area contributed by atoms with E-state index in [9.17, 15) is 4.79 Å². The van der Waals surface area contributed by atoms with Crippen molar-refractivity contribution in [2.45, 2.75) is 32.5 Å². The molecule has 3 nitrogen and oxygen atoms in total. The molecule has 1 aromatic rings. The van der Waals surface area contributed by atoms with Gasteiger partial charge in [0.05, 0.1) is 0 Å². The number of nitrogens with zero attached hydrogens (tertiary/aromatic N) is 2. The van der Waals surface area contributed by atoms with Gasteiger partial charge < -0.3 is 4.90 Å². The zero-order chi connectivity index (χ0) is 12.6. The summed E-state index contributed by atoms with van der Waals surface area (Å²) in [5.41, 5.74) is 1.20. The molecule has 1 amide bonds. The minimum absolute atomic E-state index is 0.0200. The van der Waals surface area contributed by atoms with E-state index in [-0.39, 0.29) is 17.6 Å². The molecule has 2 rings (SSSR count). The highest BCUT2D eigenvalue weighted by Crippen LogP contribution is 2.37. The fourth-order valence-corrected chi connectivity index (χ4v) is 2.47. The quantitative estimate of drug-likeness (QED) is 0.741. The van der Waals surface area contributed by atoms with Gasteiger partial charge in [-0.2, -0.15) is 0 Å². The lowest BCUT2D eigenvalue weighted by molar-refractivity contribution is -0.131. The highest BCUT2D eigenvalue weighted by atomic mass is 16.2. The number of likely N-dealkylation sites (N-methyl/N-ethyl adjacent to an activating group) is 1. The van der Waals surface area contributed by atoms with Crippen LogP contribution in [0.25, 0.3) is 0 Å². The van der Waals surface area contributed by atoms with E-state index in [1.807, 2.05) is 23.1 Å². The molecule has 0 aliphatic carbocycles. The molecule has 1 fully saturated rings. The molecule has 1 atom stereocenters. The van der Waals surface area contributed by atoms with Crippen molar-refractivity contribution in [3.8, 4) is 0 Å². The first-order valence-electron chi connectivity index (χ1n) is 5.98. The van der Waals surface area contributed by atoms with E-state index < -0.39 is 0 Å². The van der Waals surface area contributed by atoms with Crippen molar-refractivity contribution in [1.82, 2.24) is 9.80 Å². The van der Waals surface area contributed by atoms with Crippen LogP contribution in [-0.2, 0) is 4.79 Å².